The van der Waals surface area contributed by atoms with E-state index in [0.29, 0.717) is 16.9 Å². The SMILES string of the molecule is O=C(/C=C/c1ccco1)OC(C(=O)c1ccccc1)c1ccccc1. The minimum Gasteiger partial charge on any atom is -0.465 e. The molecule has 0 bridgehead atoms. The van der Waals surface area contributed by atoms with Crippen LogP contribution in [0, 0.1) is 0 Å². The predicted octanol–water partition coefficient (Wildman–Crippen LogP) is 4.46. The van der Waals surface area contributed by atoms with Crippen molar-refractivity contribution in [2.45, 2.75) is 6.10 Å². The van der Waals surface area contributed by atoms with Gasteiger partial charge in [0.2, 0.25) is 5.78 Å². The van der Waals surface area contributed by atoms with Crippen LogP contribution in [0.5, 0.6) is 0 Å². The largest absolute Gasteiger partial charge is 0.465 e. The molecule has 0 N–H and O–H groups in total. The molecule has 3 rings (SSSR count). The summed E-state index contributed by atoms with van der Waals surface area (Å²) >= 11 is 0. The van der Waals surface area contributed by atoms with E-state index in [9.17, 15) is 9.59 Å². The monoisotopic (exact) mass is 332 g/mol. The fourth-order valence-electron chi connectivity index (χ4n) is 2.35. The van der Waals surface area contributed by atoms with E-state index in [4.69, 9.17) is 9.15 Å². The number of benzene rings is 2. The normalized spacial score (nSPS) is 12.0. The van der Waals surface area contributed by atoms with Crippen LogP contribution in [0.25, 0.3) is 6.08 Å². The van der Waals surface area contributed by atoms with Gasteiger partial charge in [-0.1, -0.05) is 60.7 Å². The molecule has 4 nitrogen and oxygen atoms in total. The van der Waals surface area contributed by atoms with Crippen molar-refractivity contribution < 1.29 is 18.7 Å². The van der Waals surface area contributed by atoms with Crippen LogP contribution < -0.4 is 0 Å². The van der Waals surface area contributed by atoms with Gasteiger partial charge in [0.25, 0.3) is 0 Å². The van der Waals surface area contributed by atoms with Crippen LogP contribution in [0.1, 0.15) is 27.8 Å². The number of carbonyl (C=O) groups is 2. The maximum atomic E-state index is 12.8. The number of Topliss-reactive ketones (excluding diaryl/α,β-unsaturated/α-hetero) is 1. The molecule has 1 unspecified atom stereocenters. The Morgan fingerprint density at radius 3 is 2.20 bits per heavy atom. The van der Waals surface area contributed by atoms with Gasteiger partial charge >= 0.3 is 5.97 Å². The van der Waals surface area contributed by atoms with Crippen molar-refractivity contribution in [3.63, 3.8) is 0 Å². The zero-order valence-electron chi connectivity index (χ0n) is 13.4. The second-order valence-electron chi connectivity index (χ2n) is 5.31. The summed E-state index contributed by atoms with van der Waals surface area (Å²) in [7, 11) is 0. The Bertz CT molecular complexity index is 849. The molecule has 0 radical (unpaired) electrons. The topological polar surface area (TPSA) is 56.5 Å². The highest BCUT2D eigenvalue weighted by atomic mass is 16.5. The van der Waals surface area contributed by atoms with Crippen LogP contribution in [0.15, 0.2) is 89.6 Å². The maximum Gasteiger partial charge on any atom is 0.331 e. The van der Waals surface area contributed by atoms with Gasteiger partial charge in [0.1, 0.15) is 5.76 Å². The van der Waals surface area contributed by atoms with Crippen LogP contribution in [0.2, 0.25) is 0 Å². The van der Waals surface area contributed by atoms with Crippen molar-refractivity contribution >= 4 is 17.8 Å². The Morgan fingerprint density at radius 2 is 1.56 bits per heavy atom. The summed E-state index contributed by atoms with van der Waals surface area (Å²) in [5.41, 5.74) is 1.11. The molecule has 1 heterocycles. The highest BCUT2D eigenvalue weighted by molar-refractivity contribution is 6.01. The van der Waals surface area contributed by atoms with Gasteiger partial charge in [-0.3, -0.25) is 4.79 Å². The molecule has 2 aromatic carbocycles. The molecule has 25 heavy (non-hydrogen) atoms. The molecular formula is C21H16O4. The second-order valence-corrected chi connectivity index (χ2v) is 5.31. The Morgan fingerprint density at radius 1 is 0.880 bits per heavy atom. The Hall–Kier alpha value is -3.40. The molecule has 1 aromatic heterocycles. The quantitative estimate of drug-likeness (QED) is 0.380. The number of rotatable bonds is 6. The Balaban J connectivity index is 1.82. The molecule has 124 valence electrons. The van der Waals surface area contributed by atoms with E-state index in [1.54, 1.807) is 60.7 Å². The molecular weight excluding hydrogens is 316 g/mol. The fourth-order valence-corrected chi connectivity index (χ4v) is 2.35. The van der Waals surface area contributed by atoms with E-state index >= 15 is 0 Å². The first-order chi connectivity index (χ1) is 12.2. The van der Waals surface area contributed by atoms with Crippen molar-refractivity contribution in [2.24, 2.45) is 0 Å². The summed E-state index contributed by atoms with van der Waals surface area (Å²) < 4.78 is 10.6. The predicted molar refractivity (Wildman–Crippen MR) is 93.8 cm³/mol. The molecule has 0 saturated carbocycles. The number of ether oxygens (including phenoxy) is 1. The smallest absolute Gasteiger partial charge is 0.331 e. The lowest BCUT2D eigenvalue weighted by atomic mass is 10.00. The first kappa shape index (κ1) is 16.5. The van der Waals surface area contributed by atoms with Crippen LogP contribution in [0.3, 0.4) is 0 Å². The molecule has 0 fully saturated rings. The van der Waals surface area contributed by atoms with E-state index in [-0.39, 0.29) is 5.78 Å². The lowest BCUT2D eigenvalue weighted by Gasteiger charge is -2.16. The third-order valence-electron chi connectivity index (χ3n) is 3.56. The van der Waals surface area contributed by atoms with Crippen molar-refractivity contribution in [1.29, 1.82) is 0 Å². The Labute approximate surface area is 145 Å². The molecule has 0 aliphatic heterocycles. The fraction of sp³-hybridized carbons (Fsp3) is 0.0476. The summed E-state index contributed by atoms with van der Waals surface area (Å²) in [6, 6.07) is 21.2. The molecule has 1 atom stereocenters. The standard InChI is InChI=1S/C21H16O4/c22-19(14-13-18-12-7-15-24-18)25-21(17-10-5-2-6-11-17)20(23)16-8-3-1-4-9-16/h1-15,21H/b14-13+. The highest BCUT2D eigenvalue weighted by Crippen LogP contribution is 2.23. The summed E-state index contributed by atoms with van der Waals surface area (Å²) in [4.78, 5) is 24.9. The third-order valence-corrected chi connectivity index (χ3v) is 3.56. The second kappa shape index (κ2) is 7.93. The highest BCUT2D eigenvalue weighted by Gasteiger charge is 2.25. The Kier molecular flexibility index (Phi) is 5.22. The van der Waals surface area contributed by atoms with Crippen LogP contribution in [-0.4, -0.2) is 11.8 Å². The number of hydrogen-bond donors (Lipinski definition) is 0. The van der Waals surface area contributed by atoms with Crippen molar-refractivity contribution in [3.8, 4) is 0 Å². The number of esters is 1. The third kappa shape index (κ3) is 4.32. The van der Waals surface area contributed by atoms with E-state index < -0.39 is 12.1 Å². The molecule has 0 aliphatic rings. The van der Waals surface area contributed by atoms with Gasteiger partial charge in [-0.25, -0.2) is 4.79 Å². The van der Waals surface area contributed by atoms with E-state index in [1.807, 2.05) is 12.1 Å². The molecule has 0 amide bonds. The minimum absolute atomic E-state index is 0.272. The van der Waals surface area contributed by atoms with Gasteiger partial charge in [0.15, 0.2) is 6.10 Å². The van der Waals surface area contributed by atoms with E-state index in [0.717, 1.165) is 0 Å². The number of hydrogen-bond acceptors (Lipinski definition) is 4. The molecule has 3 aromatic rings. The minimum atomic E-state index is -1.00. The van der Waals surface area contributed by atoms with Gasteiger partial charge in [-0.2, -0.15) is 0 Å². The van der Waals surface area contributed by atoms with Crippen LogP contribution >= 0.6 is 0 Å². The van der Waals surface area contributed by atoms with Gasteiger partial charge in [0.05, 0.1) is 6.26 Å². The molecule has 4 heteroatoms. The molecule has 0 saturated heterocycles. The number of furan rings is 1. The van der Waals surface area contributed by atoms with Gasteiger partial charge in [-0.15, -0.1) is 0 Å². The van der Waals surface area contributed by atoms with Gasteiger partial charge in [0, 0.05) is 17.2 Å². The molecule has 0 aliphatic carbocycles. The van der Waals surface area contributed by atoms with Gasteiger partial charge < -0.3 is 9.15 Å². The number of ketones is 1. The first-order valence-corrected chi connectivity index (χ1v) is 7.80. The summed E-state index contributed by atoms with van der Waals surface area (Å²) in [6.07, 6.45) is 3.25. The maximum absolute atomic E-state index is 12.8. The zero-order valence-corrected chi connectivity index (χ0v) is 13.4. The number of carbonyl (C=O) groups excluding carboxylic acids is 2. The van der Waals surface area contributed by atoms with Crippen molar-refractivity contribution in [3.05, 3.63) is 102 Å². The average molecular weight is 332 g/mol. The van der Waals surface area contributed by atoms with Crippen molar-refractivity contribution in [2.75, 3.05) is 0 Å². The van der Waals surface area contributed by atoms with Gasteiger partial charge in [-0.05, 0) is 18.2 Å². The first-order valence-electron chi connectivity index (χ1n) is 7.80. The summed E-state index contributed by atoms with van der Waals surface area (Å²) in [6.45, 7) is 0. The zero-order chi connectivity index (χ0) is 17.5. The summed E-state index contributed by atoms with van der Waals surface area (Å²) in [5, 5.41) is 0. The average Bonchev–Trinajstić information content (AvgIpc) is 3.19. The summed E-state index contributed by atoms with van der Waals surface area (Å²) in [5.74, 6) is -0.358. The van der Waals surface area contributed by atoms with E-state index in [2.05, 4.69) is 0 Å². The van der Waals surface area contributed by atoms with E-state index in [1.165, 1.54) is 18.4 Å². The lowest BCUT2D eigenvalue weighted by Crippen LogP contribution is -2.19. The lowest BCUT2D eigenvalue weighted by molar-refractivity contribution is -0.141. The van der Waals surface area contributed by atoms with Crippen LogP contribution in [-0.2, 0) is 9.53 Å². The molecule has 0 spiro atoms. The van der Waals surface area contributed by atoms with Crippen molar-refractivity contribution in [1.82, 2.24) is 0 Å². The van der Waals surface area contributed by atoms with Crippen LogP contribution in [0.4, 0.5) is 0 Å².